The van der Waals surface area contributed by atoms with Crippen molar-refractivity contribution in [2.75, 3.05) is 0 Å². The summed E-state index contributed by atoms with van der Waals surface area (Å²) in [6.45, 7) is 0. The molecule has 0 radical (unpaired) electrons. The fraction of sp³-hybridized carbons (Fsp3) is 0. The van der Waals surface area contributed by atoms with Gasteiger partial charge in [-0.15, -0.1) is 0 Å². The lowest BCUT2D eigenvalue weighted by Crippen LogP contribution is -1.83. The molecule has 0 amide bonds. The van der Waals surface area contributed by atoms with Crippen molar-refractivity contribution >= 4 is 26.2 Å². The zero-order valence-corrected chi connectivity index (χ0v) is 5.50. The van der Waals surface area contributed by atoms with E-state index in [9.17, 15) is 0 Å². The summed E-state index contributed by atoms with van der Waals surface area (Å²) in [5.74, 6) is 0. The molecule has 0 saturated carbocycles. The number of nitrogens with zero attached hydrogens (tertiary/aromatic N) is 2. The van der Waals surface area contributed by atoms with E-state index in [0.717, 1.165) is 0 Å². The van der Waals surface area contributed by atoms with Crippen LogP contribution in [0.25, 0.3) is 0 Å². The molecule has 0 N–H and O–H groups in total. The zero-order valence-electron chi connectivity index (χ0n) is 3.87. The van der Waals surface area contributed by atoms with Gasteiger partial charge in [-0.1, -0.05) is 0 Å². The Kier molecular flexibility index (Phi) is 1.51. The van der Waals surface area contributed by atoms with Crippen LogP contribution in [0, 0.1) is 11.3 Å². The quantitative estimate of drug-likeness (QED) is 0.493. The van der Waals surface area contributed by atoms with Crippen LogP contribution in [0.5, 0.6) is 0 Å². The van der Waals surface area contributed by atoms with Crippen LogP contribution in [0.3, 0.4) is 0 Å². The summed E-state index contributed by atoms with van der Waals surface area (Å²) in [4.78, 5) is 4.31. The molecule has 0 aromatic heterocycles. The first-order chi connectivity index (χ1) is 3.84. The van der Waals surface area contributed by atoms with Crippen molar-refractivity contribution in [2.24, 2.45) is 4.99 Å². The van der Waals surface area contributed by atoms with Gasteiger partial charge >= 0.3 is 0 Å². The van der Waals surface area contributed by atoms with Gasteiger partial charge in [0.1, 0.15) is 11.0 Å². The van der Waals surface area contributed by atoms with Crippen molar-refractivity contribution in [1.29, 1.82) is 5.26 Å². The highest BCUT2D eigenvalue weighted by Crippen LogP contribution is 2.04. The first kappa shape index (κ1) is 5.60. The highest BCUT2D eigenvalue weighted by molar-refractivity contribution is 8.38. The van der Waals surface area contributed by atoms with E-state index in [1.165, 1.54) is 6.20 Å². The molecule has 40 valence electrons. The molecule has 0 fully saturated rings. The van der Waals surface area contributed by atoms with E-state index in [2.05, 4.69) is 4.99 Å². The van der Waals surface area contributed by atoms with E-state index in [4.69, 9.17) is 16.4 Å². The summed E-state index contributed by atoms with van der Waals surface area (Å²) in [6, 6.07) is 1.96. The molecule has 0 bridgehead atoms. The van der Waals surface area contributed by atoms with Crippen molar-refractivity contribution in [2.45, 2.75) is 0 Å². The Bertz CT molecular complexity index is 221. The Hall–Kier alpha value is -0.530. The van der Waals surface area contributed by atoms with E-state index < -0.39 is 9.45 Å². The molecule has 0 aromatic carbocycles. The minimum atomic E-state index is -0.419. The number of nitriles is 1. The maximum absolute atomic E-state index is 8.28. The standard InChI is InChI=1S/C4H2N2S2/c5-1-4-2-6-3-8(4)7/h2-3H. The van der Waals surface area contributed by atoms with Crippen molar-refractivity contribution in [3.8, 4) is 6.07 Å². The largest absolute Gasteiger partial charge is 0.255 e. The molecule has 2 nitrogen and oxygen atoms in total. The SMILES string of the molecule is N#CC1=CN=CS1=S. The van der Waals surface area contributed by atoms with Crippen LogP contribution in [0.15, 0.2) is 16.1 Å². The van der Waals surface area contributed by atoms with Gasteiger partial charge in [0.2, 0.25) is 0 Å². The molecule has 0 saturated heterocycles. The highest BCUT2D eigenvalue weighted by Gasteiger charge is 2.02. The zero-order chi connectivity index (χ0) is 5.98. The fourth-order valence-corrected chi connectivity index (χ4v) is 1.27. The number of rotatable bonds is 0. The summed E-state index contributed by atoms with van der Waals surface area (Å²) in [6.07, 6.45) is 1.51. The summed E-state index contributed by atoms with van der Waals surface area (Å²) in [7, 11) is -0.419. The minimum Gasteiger partial charge on any atom is -0.255 e. The van der Waals surface area contributed by atoms with Crippen molar-refractivity contribution in [3.05, 3.63) is 11.1 Å². The molecule has 1 rings (SSSR count). The van der Waals surface area contributed by atoms with Crippen molar-refractivity contribution in [1.82, 2.24) is 0 Å². The molecular weight excluding hydrogens is 140 g/mol. The minimum absolute atomic E-state index is 0.419. The smallest absolute Gasteiger partial charge is 0.113 e. The average Bonchev–Trinajstić information content (AvgIpc) is 2.14. The maximum Gasteiger partial charge on any atom is 0.113 e. The molecule has 0 aromatic rings. The Balaban J connectivity index is 2.93. The van der Waals surface area contributed by atoms with E-state index in [0.29, 0.717) is 4.91 Å². The van der Waals surface area contributed by atoms with Crippen LogP contribution >= 0.6 is 0 Å². The summed E-state index contributed by atoms with van der Waals surface area (Å²) < 4.78 is 0. The van der Waals surface area contributed by atoms with Crippen LogP contribution in [-0.2, 0) is 20.6 Å². The van der Waals surface area contributed by atoms with Gasteiger partial charge in [-0.2, -0.15) is 5.26 Å². The van der Waals surface area contributed by atoms with E-state index in [1.807, 2.05) is 6.07 Å². The number of allylic oxidation sites excluding steroid dienone is 1. The lowest BCUT2D eigenvalue weighted by atomic mass is 10.7. The van der Waals surface area contributed by atoms with Crippen molar-refractivity contribution in [3.63, 3.8) is 0 Å². The Morgan fingerprint density at radius 3 is 2.88 bits per heavy atom. The third kappa shape index (κ3) is 0.831. The fourth-order valence-electron chi connectivity index (χ4n) is 0.336. The van der Waals surface area contributed by atoms with Gasteiger partial charge in [0.05, 0.1) is 11.7 Å². The molecule has 8 heavy (non-hydrogen) atoms. The number of aliphatic imine (C=N–C) groups is 1. The molecule has 0 spiro atoms. The van der Waals surface area contributed by atoms with Gasteiger partial charge in [0.15, 0.2) is 0 Å². The lowest BCUT2D eigenvalue weighted by molar-refractivity contribution is 1.51. The van der Waals surface area contributed by atoms with Crippen LogP contribution in [0.2, 0.25) is 0 Å². The van der Waals surface area contributed by atoms with Gasteiger partial charge in [0.25, 0.3) is 0 Å². The van der Waals surface area contributed by atoms with Crippen LogP contribution in [-0.4, -0.2) is 5.55 Å². The van der Waals surface area contributed by atoms with Gasteiger partial charge in [-0.25, -0.2) is 0 Å². The first-order valence-corrected chi connectivity index (χ1v) is 4.10. The topological polar surface area (TPSA) is 36.1 Å². The molecule has 1 heterocycles. The average molecular weight is 142 g/mol. The van der Waals surface area contributed by atoms with Crippen LogP contribution < -0.4 is 0 Å². The second-order valence-corrected chi connectivity index (χ2v) is 3.48. The van der Waals surface area contributed by atoms with E-state index in [1.54, 1.807) is 5.55 Å². The lowest BCUT2D eigenvalue weighted by Gasteiger charge is -1.80. The molecule has 1 aliphatic rings. The third-order valence-corrected chi connectivity index (χ3v) is 2.42. The van der Waals surface area contributed by atoms with E-state index in [-0.39, 0.29) is 0 Å². The maximum atomic E-state index is 8.28. The molecule has 1 unspecified atom stereocenters. The van der Waals surface area contributed by atoms with Gasteiger partial charge in [-0.3, -0.25) is 4.99 Å². The van der Waals surface area contributed by atoms with Crippen molar-refractivity contribution < 1.29 is 0 Å². The number of hydrogen-bond acceptors (Lipinski definition) is 3. The molecule has 0 aliphatic carbocycles. The van der Waals surface area contributed by atoms with Crippen LogP contribution in [0.4, 0.5) is 0 Å². The molecule has 1 aliphatic heterocycles. The third-order valence-electron chi connectivity index (χ3n) is 0.675. The van der Waals surface area contributed by atoms with Gasteiger partial charge in [-0.05, 0) is 20.6 Å². The Labute approximate surface area is 54.1 Å². The summed E-state index contributed by atoms with van der Waals surface area (Å²) >= 11 is 4.81. The summed E-state index contributed by atoms with van der Waals surface area (Å²) in [5, 5.41) is 8.28. The molecule has 4 heteroatoms. The summed E-state index contributed by atoms with van der Waals surface area (Å²) in [5.41, 5.74) is 1.61. The highest BCUT2D eigenvalue weighted by atomic mass is 32.8. The van der Waals surface area contributed by atoms with E-state index >= 15 is 0 Å². The van der Waals surface area contributed by atoms with Gasteiger partial charge < -0.3 is 0 Å². The predicted octanol–water partition coefficient (Wildman–Crippen LogP) is 0.473. The predicted molar refractivity (Wildman–Crippen MR) is 36.9 cm³/mol. The molecular formula is C4H2N2S2. The Morgan fingerprint density at radius 2 is 2.62 bits per heavy atom. The monoisotopic (exact) mass is 142 g/mol. The van der Waals surface area contributed by atoms with Crippen LogP contribution in [0.1, 0.15) is 0 Å². The van der Waals surface area contributed by atoms with Gasteiger partial charge in [0, 0.05) is 0 Å². The second-order valence-electron chi connectivity index (χ2n) is 1.16. The normalized spacial score (nSPS) is 24.9. The molecule has 1 atom stereocenters. The second kappa shape index (κ2) is 2.16. The number of hydrogen-bond donors (Lipinski definition) is 0. The Morgan fingerprint density at radius 1 is 1.88 bits per heavy atom. The first-order valence-electron chi connectivity index (χ1n) is 1.89.